The van der Waals surface area contributed by atoms with E-state index in [4.69, 9.17) is 9.47 Å². The zero-order valence-electron chi connectivity index (χ0n) is 18.0. The van der Waals surface area contributed by atoms with Crippen molar-refractivity contribution < 1.29 is 19.1 Å². The summed E-state index contributed by atoms with van der Waals surface area (Å²) in [6.45, 7) is 16.5. The lowest BCUT2D eigenvalue weighted by molar-refractivity contribution is -0.0415. The highest BCUT2D eigenvalue weighted by Gasteiger charge is 2.43. The first-order valence-electron chi connectivity index (χ1n) is 9.25. The molecule has 0 fully saturated rings. The Hall–Kier alpha value is -2.24. The molecule has 0 aliphatic carbocycles. The number of hydrazine groups is 1. The number of rotatable bonds is 3. The average Bonchev–Trinajstić information content (AvgIpc) is 2.49. The molecule has 0 heterocycles. The number of nitrogens with one attached hydrogen (secondary N) is 1. The van der Waals surface area contributed by atoms with Crippen molar-refractivity contribution in [3.8, 4) is 0 Å². The minimum absolute atomic E-state index is 0.0256. The Labute approximate surface area is 163 Å². The number of carbonyl (C=O) groups excluding carboxylic acids is 2. The van der Waals surface area contributed by atoms with E-state index in [1.54, 1.807) is 41.5 Å². The second-order valence-electron chi connectivity index (χ2n) is 9.10. The molecule has 1 rings (SSSR count). The summed E-state index contributed by atoms with van der Waals surface area (Å²) in [6, 6.07) is 9.55. The molecular weight excluding hydrogens is 344 g/mol. The molecule has 0 radical (unpaired) electrons. The van der Waals surface area contributed by atoms with E-state index in [0.717, 1.165) is 5.56 Å². The van der Waals surface area contributed by atoms with Gasteiger partial charge in [-0.25, -0.2) is 20.0 Å². The third-order valence-electron chi connectivity index (χ3n) is 4.13. The Morgan fingerprint density at radius 1 is 0.889 bits per heavy atom. The standard InChI is InChI=1S/C21H34N2O4/c1-15(2)21(9,16-13-11-10-12-14-16)23(18(25)27-20(6,7)8)22-17(24)26-19(3,4)5/h10-15H,1-9H3,(H,22,24). The van der Waals surface area contributed by atoms with Gasteiger partial charge in [-0.3, -0.25) is 0 Å². The molecule has 0 aliphatic heterocycles. The third kappa shape index (κ3) is 6.45. The van der Waals surface area contributed by atoms with Crippen molar-refractivity contribution in [3.05, 3.63) is 35.9 Å². The van der Waals surface area contributed by atoms with Crippen LogP contribution in [0.2, 0.25) is 0 Å². The molecule has 1 aromatic rings. The Morgan fingerprint density at radius 2 is 1.37 bits per heavy atom. The van der Waals surface area contributed by atoms with Gasteiger partial charge in [-0.15, -0.1) is 0 Å². The summed E-state index contributed by atoms with van der Waals surface area (Å²) in [5.74, 6) is -0.0256. The van der Waals surface area contributed by atoms with Crippen LogP contribution < -0.4 is 5.43 Å². The number of hydrogen-bond acceptors (Lipinski definition) is 4. The lowest BCUT2D eigenvalue weighted by Crippen LogP contribution is -2.60. The Kier molecular flexibility index (Phi) is 6.92. The normalized spacial score (nSPS) is 14.3. The van der Waals surface area contributed by atoms with Crippen molar-refractivity contribution in [1.82, 2.24) is 10.4 Å². The van der Waals surface area contributed by atoms with Gasteiger partial charge in [-0.05, 0) is 59.9 Å². The van der Waals surface area contributed by atoms with Gasteiger partial charge in [0.05, 0.1) is 5.54 Å². The van der Waals surface area contributed by atoms with Crippen molar-refractivity contribution in [3.63, 3.8) is 0 Å². The lowest BCUT2D eigenvalue weighted by Gasteiger charge is -2.44. The topological polar surface area (TPSA) is 67.9 Å². The Balaban J connectivity index is 3.36. The minimum Gasteiger partial charge on any atom is -0.443 e. The highest BCUT2D eigenvalue weighted by atomic mass is 16.6. The SMILES string of the molecule is CC(C)C(C)(c1ccccc1)N(NC(=O)OC(C)(C)C)C(=O)OC(C)(C)C. The van der Waals surface area contributed by atoms with Gasteiger partial charge in [-0.1, -0.05) is 44.2 Å². The molecule has 2 amide bonds. The molecule has 0 aromatic heterocycles. The second kappa shape index (κ2) is 8.19. The molecule has 0 saturated heterocycles. The molecular formula is C21H34N2O4. The number of carbonyl (C=O) groups is 2. The summed E-state index contributed by atoms with van der Waals surface area (Å²) in [6.07, 6.45) is -1.36. The first-order chi connectivity index (χ1) is 12.2. The Morgan fingerprint density at radius 3 is 1.78 bits per heavy atom. The van der Waals surface area contributed by atoms with Crippen LogP contribution in [0.4, 0.5) is 9.59 Å². The largest absolute Gasteiger partial charge is 0.443 e. The van der Waals surface area contributed by atoms with Crippen LogP contribution in [-0.2, 0) is 15.0 Å². The van der Waals surface area contributed by atoms with Crippen molar-refractivity contribution >= 4 is 12.2 Å². The molecule has 1 aromatic carbocycles. The van der Waals surface area contributed by atoms with E-state index >= 15 is 0 Å². The molecule has 0 aliphatic rings. The van der Waals surface area contributed by atoms with E-state index in [1.807, 2.05) is 51.1 Å². The van der Waals surface area contributed by atoms with E-state index < -0.39 is 28.9 Å². The summed E-state index contributed by atoms with van der Waals surface area (Å²) < 4.78 is 10.9. The van der Waals surface area contributed by atoms with Crippen molar-refractivity contribution in [2.75, 3.05) is 0 Å². The summed E-state index contributed by atoms with van der Waals surface area (Å²) in [7, 11) is 0. The molecule has 1 N–H and O–H groups in total. The average molecular weight is 379 g/mol. The van der Waals surface area contributed by atoms with Crippen LogP contribution in [0.5, 0.6) is 0 Å². The molecule has 0 saturated carbocycles. The zero-order chi connectivity index (χ0) is 21.0. The Bertz CT molecular complexity index is 644. The number of nitrogens with zero attached hydrogens (tertiary/aromatic N) is 1. The number of amides is 2. The fourth-order valence-corrected chi connectivity index (χ4v) is 2.55. The number of benzene rings is 1. The van der Waals surface area contributed by atoms with Crippen molar-refractivity contribution in [1.29, 1.82) is 0 Å². The lowest BCUT2D eigenvalue weighted by atomic mass is 9.81. The molecule has 0 spiro atoms. The van der Waals surface area contributed by atoms with Gasteiger partial charge in [0.1, 0.15) is 11.2 Å². The fraction of sp³-hybridized carbons (Fsp3) is 0.619. The highest BCUT2D eigenvalue weighted by molar-refractivity contribution is 5.75. The first-order valence-corrected chi connectivity index (χ1v) is 9.25. The summed E-state index contributed by atoms with van der Waals surface area (Å²) in [4.78, 5) is 25.5. The molecule has 1 atom stereocenters. The molecule has 6 heteroatoms. The monoisotopic (exact) mass is 378 g/mol. The summed E-state index contributed by atoms with van der Waals surface area (Å²) >= 11 is 0. The van der Waals surface area contributed by atoms with Gasteiger partial charge in [0.25, 0.3) is 0 Å². The van der Waals surface area contributed by atoms with Crippen LogP contribution in [0.3, 0.4) is 0 Å². The number of ether oxygens (including phenoxy) is 2. The third-order valence-corrected chi connectivity index (χ3v) is 4.13. The van der Waals surface area contributed by atoms with Crippen LogP contribution in [0.1, 0.15) is 67.9 Å². The maximum atomic E-state index is 13.0. The van der Waals surface area contributed by atoms with E-state index in [9.17, 15) is 9.59 Å². The summed E-state index contributed by atoms with van der Waals surface area (Å²) in [5.41, 5.74) is 1.25. The van der Waals surface area contributed by atoms with E-state index in [0.29, 0.717) is 0 Å². The van der Waals surface area contributed by atoms with E-state index in [2.05, 4.69) is 5.43 Å². The minimum atomic E-state index is -0.847. The van der Waals surface area contributed by atoms with Gasteiger partial charge in [0.15, 0.2) is 0 Å². The van der Waals surface area contributed by atoms with Crippen LogP contribution in [-0.4, -0.2) is 28.4 Å². The van der Waals surface area contributed by atoms with Gasteiger partial charge in [0.2, 0.25) is 0 Å². The van der Waals surface area contributed by atoms with Gasteiger partial charge in [-0.2, -0.15) is 0 Å². The highest BCUT2D eigenvalue weighted by Crippen LogP contribution is 2.35. The predicted molar refractivity (Wildman–Crippen MR) is 106 cm³/mol. The maximum absolute atomic E-state index is 13.0. The first kappa shape index (κ1) is 22.8. The van der Waals surface area contributed by atoms with E-state index in [-0.39, 0.29) is 5.92 Å². The van der Waals surface area contributed by atoms with Gasteiger partial charge < -0.3 is 9.47 Å². The van der Waals surface area contributed by atoms with Crippen molar-refractivity contribution in [2.24, 2.45) is 5.92 Å². The van der Waals surface area contributed by atoms with Crippen LogP contribution >= 0.6 is 0 Å². The van der Waals surface area contributed by atoms with Gasteiger partial charge in [0, 0.05) is 0 Å². The van der Waals surface area contributed by atoms with Crippen molar-refractivity contribution in [2.45, 2.75) is 79.1 Å². The van der Waals surface area contributed by atoms with Crippen LogP contribution in [0, 0.1) is 5.92 Å². The van der Waals surface area contributed by atoms with E-state index in [1.165, 1.54) is 5.01 Å². The maximum Gasteiger partial charge on any atom is 0.430 e. The smallest absolute Gasteiger partial charge is 0.430 e. The second-order valence-corrected chi connectivity index (χ2v) is 9.10. The quantitative estimate of drug-likeness (QED) is 0.731. The van der Waals surface area contributed by atoms with Crippen LogP contribution in [0.25, 0.3) is 0 Å². The molecule has 27 heavy (non-hydrogen) atoms. The summed E-state index contributed by atoms with van der Waals surface area (Å²) in [5, 5.41) is 1.24. The predicted octanol–water partition coefficient (Wildman–Crippen LogP) is 5.23. The number of hydrogen-bond donors (Lipinski definition) is 1. The molecule has 152 valence electrons. The van der Waals surface area contributed by atoms with Crippen LogP contribution in [0.15, 0.2) is 30.3 Å². The zero-order valence-corrected chi connectivity index (χ0v) is 18.0. The molecule has 1 unspecified atom stereocenters. The van der Waals surface area contributed by atoms with Gasteiger partial charge >= 0.3 is 12.2 Å². The fourth-order valence-electron chi connectivity index (χ4n) is 2.55. The molecule has 6 nitrogen and oxygen atoms in total. The molecule has 0 bridgehead atoms.